The highest BCUT2D eigenvalue weighted by atomic mass is 35.5. The molecule has 6 heteroatoms. The summed E-state index contributed by atoms with van der Waals surface area (Å²) in [6.07, 6.45) is 0.143. The lowest BCUT2D eigenvalue weighted by molar-refractivity contribution is 0.152. The van der Waals surface area contributed by atoms with Crippen LogP contribution in [0.5, 0.6) is 5.75 Å². The third-order valence-corrected chi connectivity index (χ3v) is 6.53. The molecule has 1 atom stereocenters. The van der Waals surface area contributed by atoms with Gasteiger partial charge in [0.05, 0.1) is 4.90 Å². The van der Waals surface area contributed by atoms with Crippen LogP contribution in [-0.4, -0.2) is 21.1 Å². The van der Waals surface area contributed by atoms with Crippen LogP contribution in [0.2, 0.25) is 5.02 Å². The Morgan fingerprint density at radius 1 is 1.03 bits per heavy atom. The second-order valence-corrected chi connectivity index (χ2v) is 9.30. The van der Waals surface area contributed by atoms with Crippen molar-refractivity contribution < 1.29 is 17.3 Å². The zero-order valence-corrected chi connectivity index (χ0v) is 17.8. The van der Waals surface area contributed by atoms with E-state index in [1.165, 1.54) is 0 Å². The number of hydrogen-bond acceptors (Lipinski definition) is 4. The summed E-state index contributed by atoms with van der Waals surface area (Å²) >= 11 is 6.34. The van der Waals surface area contributed by atoms with Crippen molar-refractivity contribution in [3.05, 3.63) is 82.4 Å². The molecule has 0 aromatic heterocycles. The van der Waals surface area contributed by atoms with Crippen LogP contribution < -0.4 is 4.74 Å². The fourth-order valence-electron chi connectivity index (χ4n) is 3.50. The molecule has 0 spiro atoms. The molecule has 0 N–H and O–H groups in total. The molecule has 150 valence electrons. The maximum absolute atomic E-state index is 12.5. The van der Waals surface area contributed by atoms with Gasteiger partial charge < -0.3 is 4.74 Å². The van der Waals surface area contributed by atoms with E-state index in [1.807, 2.05) is 50.2 Å². The number of hydrogen-bond donors (Lipinski definition) is 0. The zero-order valence-electron chi connectivity index (χ0n) is 16.2. The van der Waals surface area contributed by atoms with Crippen LogP contribution in [-0.2, 0) is 20.7 Å². The van der Waals surface area contributed by atoms with Gasteiger partial charge in [0.1, 0.15) is 18.5 Å². The predicted molar refractivity (Wildman–Crippen MR) is 114 cm³/mol. The monoisotopic (exact) mass is 428 g/mol. The third kappa shape index (κ3) is 4.17. The Hall–Kier alpha value is -2.34. The minimum absolute atomic E-state index is 0.0598. The van der Waals surface area contributed by atoms with Gasteiger partial charge in [-0.3, -0.25) is 4.18 Å². The van der Waals surface area contributed by atoms with Gasteiger partial charge in [0, 0.05) is 22.6 Å². The first kappa shape index (κ1) is 20.0. The van der Waals surface area contributed by atoms with Crippen LogP contribution in [0.3, 0.4) is 0 Å². The highest BCUT2D eigenvalue weighted by Crippen LogP contribution is 2.42. The largest absolute Gasteiger partial charge is 0.487 e. The van der Waals surface area contributed by atoms with Crippen molar-refractivity contribution in [2.45, 2.75) is 31.3 Å². The van der Waals surface area contributed by atoms with Gasteiger partial charge in [0.2, 0.25) is 0 Å². The summed E-state index contributed by atoms with van der Waals surface area (Å²) in [7, 11) is -3.84. The molecule has 1 unspecified atom stereocenters. The topological polar surface area (TPSA) is 52.6 Å². The normalized spacial score (nSPS) is 15.8. The Morgan fingerprint density at radius 3 is 2.48 bits per heavy atom. The maximum atomic E-state index is 12.5. The Bertz CT molecular complexity index is 1150. The van der Waals surface area contributed by atoms with Gasteiger partial charge in [-0.05, 0) is 49.2 Å². The summed E-state index contributed by atoms with van der Waals surface area (Å²) in [6, 6.07) is 18.3. The molecule has 3 aromatic rings. The molecule has 3 aromatic carbocycles. The van der Waals surface area contributed by atoms with Crippen LogP contribution in [0, 0.1) is 13.8 Å². The van der Waals surface area contributed by atoms with Crippen molar-refractivity contribution in [3.63, 3.8) is 0 Å². The molecular formula is C23H21ClO4S. The summed E-state index contributed by atoms with van der Waals surface area (Å²) in [5.74, 6) is 0.741. The first-order chi connectivity index (χ1) is 13.8. The van der Waals surface area contributed by atoms with Crippen molar-refractivity contribution >= 4 is 21.7 Å². The molecule has 0 saturated heterocycles. The molecule has 1 aliphatic heterocycles. The number of ether oxygens (including phenoxy) is 1. The molecule has 0 radical (unpaired) electrons. The van der Waals surface area contributed by atoms with Gasteiger partial charge in [0.15, 0.2) is 0 Å². The highest BCUT2D eigenvalue weighted by molar-refractivity contribution is 7.86. The maximum Gasteiger partial charge on any atom is 0.297 e. The van der Waals surface area contributed by atoms with E-state index in [1.54, 1.807) is 24.3 Å². The summed E-state index contributed by atoms with van der Waals surface area (Å²) in [4.78, 5) is 0.141. The standard InChI is InChI=1S/C23H21ClO4S/c1-15-7-9-20(10-8-15)29(25,26)27-14-19-12-17-11-18(24)13-22(23(17)28-19)21-6-4-3-5-16(21)2/h3-11,13,19H,12,14H2,1-2H3. The Balaban J connectivity index is 1.54. The van der Waals surface area contributed by atoms with E-state index >= 15 is 0 Å². The van der Waals surface area contributed by atoms with Gasteiger partial charge >= 0.3 is 0 Å². The average molecular weight is 429 g/mol. The molecule has 1 aliphatic rings. The van der Waals surface area contributed by atoms with E-state index in [9.17, 15) is 8.42 Å². The lowest BCUT2D eigenvalue weighted by atomic mass is 9.97. The van der Waals surface area contributed by atoms with E-state index in [0.717, 1.165) is 33.6 Å². The summed E-state index contributed by atoms with van der Waals surface area (Å²) in [5, 5.41) is 0.624. The van der Waals surface area contributed by atoms with Crippen LogP contribution in [0.25, 0.3) is 11.1 Å². The van der Waals surface area contributed by atoms with Crippen LogP contribution in [0.4, 0.5) is 0 Å². The SMILES string of the molecule is Cc1ccc(S(=O)(=O)OCC2Cc3cc(Cl)cc(-c4ccccc4C)c3O2)cc1. The van der Waals surface area contributed by atoms with E-state index in [4.69, 9.17) is 20.5 Å². The molecule has 4 nitrogen and oxygen atoms in total. The van der Waals surface area contributed by atoms with Gasteiger partial charge in [0.25, 0.3) is 10.1 Å². The van der Waals surface area contributed by atoms with Gasteiger partial charge in [-0.15, -0.1) is 0 Å². The summed E-state index contributed by atoms with van der Waals surface area (Å²) in [5.41, 5.74) is 5.01. The lowest BCUT2D eigenvalue weighted by Crippen LogP contribution is -2.23. The van der Waals surface area contributed by atoms with E-state index in [-0.39, 0.29) is 11.5 Å². The van der Waals surface area contributed by atoms with E-state index in [0.29, 0.717) is 11.4 Å². The number of fused-ring (bicyclic) bond motifs is 1. The third-order valence-electron chi connectivity index (χ3n) is 5.02. The quantitative estimate of drug-likeness (QED) is 0.515. The van der Waals surface area contributed by atoms with Gasteiger partial charge in [-0.2, -0.15) is 8.42 Å². The van der Waals surface area contributed by atoms with Crippen molar-refractivity contribution in [2.75, 3.05) is 6.61 Å². The average Bonchev–Trinajstić information content (AvgIpc) is 3.09. The minimum Gasteiger partial charge on any atom is -0.487 e. The van der Waals surface area contributed by atoms with Gasteiger partial charge in [-0.25, -0.2) is 0 Å². The smallest absolute Gasteiger partial charge is 0.297 e. The van der Waals surface area contributed by atoms with Crippen LogP contribution in [0.1, 0.15) is 16.7 Å². The lowest BCUT2D eigenvalue weighted by Gasteiger charge is -2.14. The fourth-order valence-corrected chi connectivity index (χ4v) is 4.68. The number of benzene rings is 3. The van der Waals surface area contributed by atoms with E-state index in [2.05, 4.69) is 0 Å². The Kier molecular flexibility index (Phi) is 5.38. The molecule has 0 aliphatic carbocycles. The first-order valence-corrected chi connectivity index (χ1v) is 11.1. The molecule has 0 saturated carbocycles. The van der Waals surface area contributed by atoms with Crippen molar-refractivity contribution in [1.29, 1.82) is 0 Å². The first-order valence-electron chi connectivity index (χ1n) is 9.35. The second-order valence-electron chi connectivity index (χ2n) is 7.25. The van der Waals surface area contributed by atoms with Crippen molar-refractivity contribution in [3.8, 4) is 16.9 Å². The summed E-state index contributed by atoms with van der Waals surface area (Å²) in [6.45, 7) is 3.88. The molecule has 0 amide bonds. The van der Waals surface area contributed by atoms with Gasteiger partial charge in [-0.1, -0.05) is 53.6 Å². The highest BCUT2D eigenvalue weighted by Gasteiger charge is 2.29. The Morgan fingerprint density at radius 2 is 1.76 bits per heavy atom. The molecule has 4 rings (SSSR count). The molecule has 0 fully saturated rings. The van der Waals surface area contributed by atoms with Crippen molar-refractivity contribution in [2.24, 2.45) is 0 Å². The van der Waals surface area contributed by atoms with Crippen molar-refractivity contribution in [1.82, 2.24) is 0 Å². The Labute approximate surface area is 176 Å². The second kappa shape index (κ2) is 7.82. The predicted octanol–water partition coefficient (Wildman–Crippen LogP) is 5.33. The number of rotatable bonds is 5. The van der Waals surface area contributed by atoms with Crippen LogP contribution in [0.15, 0.2) is 65.6 Å². The fraction of sp³-hybridized carbons (Fsp3) is 0.217. The molecular weight excluding hydrogens is 408 g/mol. The number of aryl methyl sites for hydroxylation is 2. The minimum atomic E-state index is -3.84. The van der Waals surface area contributed by atoms with E-state index < -0.39 is 16.2 Å². The van der Waals surface area contributed by atoms with Crippen LogP contribution >= 0.6 is 11.6 Å². The summed E-state index contributed by atoms with van der Waals surface area (Å²) < 4.78 is 36.3. The number of halogens is 1. The zero-order chi connectivity index (χ0) is 20.6. The molecule has 29 heavy (non-hydrogen) atoms. The molecule has 0 bridgehead atoms. The molecule has 1 heterocycles.